The number of rotatable bonds is 10. The predicted octanol–water partition coefficient (Wildman–Crippen LogP) is 4.73. The molecule has 3 rings (SSSR count). The molecule has 3 aromatic rings. The van der Waals surface area contributed by atoms with Gasteiger partial charge in [-0.1, -0.05) is 42.0 Å². The molecule has 0 saturated carbocycles. The Balaban J connectivity index is 1.62. The number of hydrogen-bond donors (Lipinski definition) is 1. The first-order valence-electron chi connectivity index (χ1n) is 10.7. The highest BCUT2D eigenvalue weighted by atomic mass is 32.1. The van der Waals surface area contributed by atoms with E-state index in [9.17, 15) is 10.1 Å². The van der Waals surface area contributed by atoms with Crippen LogP contribution in [-0.2, 0) is 11.2 Å². The van der Waals surface area contributed by atoms with Crippen molar-refractivity contribution >= 4 is 28.5 Å². The third-order valence-corrected chi connectivity index (χ3v) is 5.77. The number of ether oxygens (including phenoxy) is 3. The number of aromatic nitrogens is 2. The number of carbonyl (C=O) groups is 1. The summed E-state index contributed by atoms with van der Waals surface area (Å²) in [5, 5.41) is 21.1. The maximum atomic E-state index is 12.5. The molecule has 0 bridgehead atoms. The van der Waals surface area contributed by atoms with Crippen molar-refractivity contribution in [3.8, 4) is 23.3 Å². The molecule has 9 heteroatoms. The molecule has 0 radical (unpaired) electrons. The van der Waals surface area contributed by atoms with Crippen LogP contribution in [0.15, 0.2) is 42.0 Å². The number of nitriles is 1. The summed E-state index contributed by atoms with van der Waals surface area (Å²) in [4.78, 5) is 12.5. The average Bonchev–Trinajstić information content (AvgIpc) is 3.29. The van der Waals surface area contributed by atoms with Gasteiger partial charge in [0.25, 0.3) is 5.91 Å². The first-order valence-corrected chi connectivity index (χ1v) is 11.5. The second kappa shape index (κ2) is 11.8. The number of aryl methyl sites for hydroxylation is 3. The molecular weight excluding hydrogens is 452 g/mol. The Morgan fingerprint density at radius 1 is 1.09 bits per heavy atom. The molecule has 1 amide bonds. The molecule has 176 valence electrons. The second-order valence-electron chi connectivity index (χ2n) is 7.35. The monoisotopic (exact) mass is 478 g/mol. The predicted molar refractivity (Wildman–Crippen MR) is 131 cm³/mol. The number of carbonyl (C=O) groups excluding carboxylic acids is 1. The quantitative estimate of drug-likeness (QED) is 0.255. The van der Waals surface area contributed by atoms with Gasteiger partial charge in [-0.3, -0.25) is 10.1 Å². The first kappa shape index (κ1) is 24.7. The minimum absolute atomic E-state index is 0.0640. The van der Waals surface area contributed by atoms with E-state index < -0.39 is 5.91 Å². The lowest BCUT2D eigenvalue weighted by molar-refractivity contribution is -0.112. The fraction of sp³-hybridized carbons (Fsp3) is 0.280. The second-order valence-corrected chi connectivity index (χ2v) is 8.42. The zero-order valence-electron chi connectivity index (χ0n) is 19.5. The minimum atomic E-state index is -0.552. The average molecular weight is 479 g/mol. The Labute approximate surface area is 202 Å². The summed E-state index contributed by atoms with van der Waals surface area (Å²) in [7, 11) is 1.53. The largest absolute Gasteiger partial charge is 0.493 e. The highest BCUT2D eigenvalue weighted by Crippen LogP contribution is 2.29. The molecule has 0 aliphatic carbocycles. The molecule has 1 aromatic heterocycles. The van der Waals surface area contributed by atoms with Crippen LogP contribution in [0.1, 0.15) is 28.6 Å². The van der Waals surface area contributed by atoms with Gasteiger partial charge in [0.1, 0.15) is 35.6 Å². The van der Waals surface area contributed by atoms with Gasteiger partial charge in [-0.25, -0.2) is 0 Å². The van der Waals surface area contributed by atoms with Crippen LogP contribution in [-0.4, -0.2) is 36.4 Å². The normalized spacial score (nSPS) is 11.0. The Kier molecular flexibility index (Phi) is 8.60. The van der Waals surface area contributed by atoms with Crippen LogP contribution in [0.3, 0.4) is 0 Å². The smallest absolute Gasteiger partial charge is 0.268 e. The van der Waals surface area contributed by atoms with E-state index in [1.807, 2.05) is 39.0 Å². The van der Waals surface area contributed by atoms with Crippen molar-refractivity contribution in [2.45, 2.75) is 27.2 Å². The lowest BCUT2D eigenvalue weighted by atomic mass is 10.1. The van der Waals surface area contributed by atoms with Crippen LogP contribution < -0.4 is 19.5 Å². The van der Waals surface area contributed by atoms with Crippen LogP contribution in [0, 0.1) is 25.2 Å². The lowest BCUT2D eigenvalue weighted by Crippen LogP contribution is -2.13. The van der Waals surface area contributed by atoms with Crippen molar-refractivity contribution in [3.05, 3.63) is 63.7 Å². The van der Waals surface area contributed by atoms with E-state index in [0.717, 1.165) is 22.7 Å². The third kappa shape index (κ3) is 6.56. The van der Waals surface area contributed by atoms with Gasteiger partial charge in [0.05, 0.1) is 7.11 Å². The van der Waals surface area contributed by atoms with Crippen LogP contribution in [0.2, 0.25) is 0 Å². The Morgan fingerprint density at radius 3 is 2.47 bits per heavy atom. The number of benzene rings is 2. The summed E-state index contributed by atoms with van der Waals surface area (Å²) in [6.07, 6.45) is 2.20. The molecule has 0 aliphatic heterocycles. The van der Waals surface area contributed by atoms with E-state index in [1.165, 1.54) is 30.1 Å². The van der Waals surface area contributed by atoms with Gasteiger partial charge < -0.3 is 14.2 Å². The maximum Gasteiger partial charge on any atom is 0.268 e. The third-order valence-electron chi connectivity index (χ3n) is 4.78. The molecule has 0 unspecified atom stereocenters. The van der Waals surface area contributed by atoms with Crippen molar-refractivity contribution in [1.29, 1.82) is 5.26 Å². The Hall–Kier alpha value is -3.90. The number of amides is 1. The van der Waals surface area contributed by atoms with Crippen LogP contribution in [0.5, 0.6) is 17.2 Å². The summed E-state index contributed by atoms with van der Waals surface area (Å²) in [5.74, 6) is 1.29. The van der Waals surface area contributed by atoms with Gasteiger partial charge >= 0.3 is 0 Å². The first-order chi connectivity index (χ1) is 16.4. The zero-order chi connectivity index (χ0) is 24.5. The number of nitrogens with one attached hydrogen (secondary N) is 1. The molecule has 0 aliphatic rings. The van der Waals surface area contributed by atoms with Gasteiger partial charge in [-0.05, 0) is 55.7 Å². The molecule has 1 N–H and O–H groups in total. The van der Waals surface area contributed by atoms with Crippen LogP contribution >= 0.6 is 11.3 Å². The van der Waals surface area contributed by atoms with Crippen molar-refractivity contribution in [3.63, 3.8) is 0 Å². The van der Waals surface area contributed by atoms with E-state index in [1.54, 1.807) is 18.2 Å². The van der Waals surface area contributed by atoms with Crippen LogP contribution in [0.25, 0.3) is 6.08 Å². The minimum Gasteiger partial charge on any atom is -0.493 e. The standard InChI is InChI=1S/C25H26N4O4S/c1-5-23-28-29-25(34-23)27-24(30)19(15-26)13-18-7-9-21(22(14-18)31-4)33-11-10-32-20-8-6-16(2)12-17(20)3/h6-9,12-14H,5,10-11H2,1-4H3,(H,27,29,30)/b19-13-. The topological polar surface area (TPSA) is 106 Å². The van der Waals surface area contributed by atoms with Crippen molar-refractivity contribution < 1.29 is 19.0 Å². The van der Waals surface area contributed by atoms with Gasteiger partial charge in [-0.15, -0.1) is 10.2 Å². The molecule has 2 aromatic carbocycles. The summed E-state index contributed by atoms with van der Waals surface area (Å²) in [6, 6.07) is 13.1. The molecule has 0 spiro atoms. The molecule has 1 heterocycles. The van der Waals surface area contributed by atoms with E-state index in [2.05, 4.69) is 21.6 Å². The van der Waals surface area contributed by atoms with E-state index in [-0.39, 0.29) is 5.57 Å². The lowest BCUT2D eigenvalue weighted by Gasteiger charge is -2.13. The van der Waals surface area contributed by atoms with Gasteiger partial charge in [-0.2, -0.15) is 5.26 Å². The summed E-state index contributed by atoms with van der Waals surface area (Å²) < 4.78 is 17.0. The fourth-order valence-electron chi connectivity index (χ4n) is 3.08. The fourth-order valence-corrected chi connectivity index (χ4v) is 3.76. The zero-order valence-corrected chi connectivity index (χ0v) is 20.4. The molecule has 34 heavy (non-hydrogen) atoms. The van der Waals surface area contributed by atoms with Gasteiger partial charge in [0.15, 0.2) is 11.5 Å². The number of hydrogen-bond acceptors (Lipinski definition) is 8. The van der Waals surface area contributed by atoms with Crippen molar-refractivity contribution in [2.75, 3.05) is 25.6 Å². The maximum absolute atomic E-state index is 12.5. The van der Waals surface area contributed by atoms with Crippen molar-refractivity contribution in [1.82, 2.24) is 10.2 Å². The molecule has 0 saturated heterocycles. The summed E-state index contributed by atoms with van der Waals surface area (Å²) in [5.41, 5.74) is 2.81. The number of anilines is 1. The number of nitrogens with zero attached hydrogens (tertiary/aromatic N) is 3. The highest BCUT2D eigenvalue weighted by molar-refractivity contribution is 7.15. The molecule has 0 fully saturated rings. The molecule has 8 nitrogen and oxygen atoms in total. The van der Waals surface area contributed by atoms with Gasteiger partial charge in [0, 0.05) is 0 Å². The SMILES string of the molecule is CCc1nnc(NC(=O)/C(C#N)=C\c2ccc(OCCOc3ccc(C)cc3C)c(OC)c2)s1. The Bertz CT molecular complexity index is 1230. The number of methoxy groups -OCH3 is 1. The molecule has 0 atom stereocenters. The summed E-state index contributed by atoms with van der Waals surface area (Å²) >= 11 is 1.28. The van der Waals surface area contributed by atoms with Crippen molar-refractivity contribution in [2.24, 2.45) is 0 Å². The van der Waals surface area contributed by atoms with E-state index >= 15 is 0 Å². The Morgan fingerprint density at radius 2 is 1.82 bits per heavy atom. The van der Waals surface area contributed by atoms with Gasteiger partial charge in [0.2, 0.25) is 5.13 Å². The summed E-state index contributed by atoms with van der Waals surface area (Å²) in [6.45, 7) is 6.69. The molecular formula is C25H26N4O4S. The van der Waals surface area contributed by atoms with Crippen LogP contribution in [0.4, 0.5) is 5.13 Å². The van der Waals surface area contributed by atoms with E-state index in [0.29, 0.717) is 35.4 Å². The highest BCUT2D eigenvalue weighted by Gasteiger charge is 2.13. The van der Waals surface area contributed by atoms with E-state index in [4.69, 9.17) is 14.2 Å².